The minimum Gasteiger partial charge on any atom is -0.367 e. The fourth-order valence-corrected chi connectivity index (χ4v) is 4.20. The van der Waals surface area contributed by atoms with Crippen molar-refractivity contribution in [3.63, 3.8) is 0 Å². The Kier molecular flexibility index (Phi) is 5.35. The number of carbonyl (C=O) groups excluding carboxylic acids is 1. The molecule has 3 N–H and O–H groups in total. The molecule has 0 radical (unpaired) electrons. The minimum atomic E-state index is -4.65. The molecule has 0 saturated carbocycles. The number of anilines is 3. The van der Waals surface area contributed by atoms with Crippen LogP contribution in [0.25, 0.3) is 11.0 Å². The molecule has 0 atom stereocenters. The van der Waals surface area contributed by atoms with Gasteiger partial charge in [-0.25, -0.2) is 14.2 Å². The number of hydrogen-bond donors (Lipinski definition) is 3. The van der Waals surface area contributed by atoms with E-state index < -0.39 is 29.3 Å². The maximum atomic E-state index is 14.0. The number of fused-ring (bicyclic) bond motifs is 2. The summed E-state index contributed by atoms with van der Waals surface area (Å²) >= 11 is 0. The average molecular weight is 469 g/mol. The predicted octanol–water partition coefficient (Wildman–Crippen LogP) is 5.93. The van der Waals surface area contributed by atoms with Gasteiger partial charge < -0.3 is 20.5 Å². The Morgan fingerprint density at radius 1 is 1.09 bits per heavy atom. The summed E-state index contributed by atoms with van der Waals surface area (Å²) in [5.41, 5.74) is 2.67. The number of amides is 2. The molecule has 2 aromatic carbocycles. The number of halogens is 4. The summed E-state index contributed by atoms with van der Waals surface area (Å²) in [6, 6.07) is 10.4. The lowest BCUT2D eigenvalue weighted by atomic mass is 10.1. The van der Waals surface area contributed by atoms with Gasteiger partial charge in [0.1, 0.15) is 11.5 Å². The average Bonchev–Trinajstić information content (AvgIpc) is 3.40. The third kappa shape index (κ3) is 4.14. The fraction of sp³-hybridized carbons (Fsp3) is 0.167. The number of hydrogen-bond acceptors (Lipinski definition) is 3. The molecule has 1 aliphatic rings. The van der Waals surface area contributed by atoms with Gasteiger partial charge in [0.05, 0.1) is 11.3 Å². The molecule has 0 bridgehead atoms. The van der Waals surface area contributed by atoms with Crippen LogP contribution in [0.4, 0.5) is 39.4 Å². The molecule has 10 heteroatoms. The van der Waals surface area contributed by atoms with Crippen LogP contribution in [0.3, 0.4) is 0 Å². The molecule has 3 heterocycles. The Morgan fingerprint density at radius 3 is 2.74 bits per heavy atom. The van der Waals surface area contributed by atoms with Gasteiger partial charge >= 0.3 is 12.2 Å². The van der Waals surface area contributed by atoms with Gasteiger partial charge in [0.25, 0.3) is 0 Å². The summed E-state index contributed by atoms with van der Waals surface area (Å²) in [6.07, 6.45) is -0.327. The predicted molar refractivity (Wildman–Crippen MR) is 121 cm³/mol. The fourth-order valence-electron chi connectivity index (χ4n) is 4.20. The van der Waals surface area contributed by atoms with Crippen LogP contribution in [0.15, 0.2) is 60.9 Å². The lowest BCUT2D eigenvalue weighted by Gasteiger charge is -2.19. The Hall–Kier alpha value is -4.08. The molecule has 34 heavy (non-hydrogen) atoms. The van der Waals surface area contributed by atoms with E-state index in [0.717, 1.165) is 34.4 Å². The highest BCUT2D eigenvalue weighted by Crippen LogP contribution is 2.36. The first-order valence-corrected chi connectivity index (χ1v) is 10.5. The summed E-state index contributed by atoms with van der Waals surface area (Å²) in [5.74, 6) is -0.958. The molecule has 1 aliphatic heterocycles. The Labute approximate surface area is 191 Å². The third-order valence-electron chi connectivity index (χ3n) is 5.81. The van der Waals surface area contributed by atoms with Gasteiger partial charge in [0.15, 0.2) is 0 Å². The zero-order valence-electron chi connectivity index (χ0n) is 17.7. The van der Waals surface area contributed by atoms with E-state index >= 15 is 0 Å². The highest BCUT2D eigenvalue weighted by molar-refractivity contribution is 6.01. The van der Waals surface area contributed by atoms with E-state index in [4.69, 9.17) is 0 Å². The number of nitrogens with one attached hydrogen (secondary N) is 3. The molecule has 4 aromatic rings. The van der Waals surface area contributed by atoms with Crippen molar-refractivity contribution >= 4 is 34.1 Å². The van der Waals surface area contributed by atoms with Crippen LogP contribution in [0, 0.1) is 5.82 Å². The second-order valence-electron chi connectivity index (χ2n) is 7.96. The van der Waals surface area contributed by atoms with Crippen molar-refractivity contribution in [1.82, 2.24) is 9.97 Å². The topological polar surface area (TPSA) is 73.1 Å². The van der Waals surface area contributed by atoms with Gasteiger partial charge in [0, 0.05) is 47.8 Å². The van der Waals surface area contributed by atoms with E-state index in [-0.39, 0.29) is 0 Å². The Morgan fingerprint density at radius 2 is 1.91 bits per heavy atom. The summed E-state index contributed by atoms with van der Waals surface area (Å²) in [5, 5.41) is 5.86. The van der Waals surface area contributed by atoms with E-state index in [1.807, 2.05) is 24.4 Å². The number of carbonyl (C=O) groups is 1. The number of aromatic amines is 1. The molecule has 5 rings (SSSR count). The largest absolute Gasteiger partial charge is 0.416 e. The third-order valence-corrected chi connectivity index (χ3v) is 5.81. The van der Waals surface area contributed by atoms with Crippen molar-refractivity contribution in [1.29, 1.82) is 0 Å². The van der Waals surface area contributed by atoms with Crippen LogP contribution < -0.4 is 15.5 Å². The van der Waals surface area contributed by atoms with Crippen molar-refractivity contribution in [2.45, 2.75) is 19.1 Å². The summed E-state index contributed by atoms with van der Waals surface area (Å²) in [4.78, 5) is 22.1. The Balaban J connectivity index is 1.33. The molecule has 2 aromatic heterocycles. The number of rotatable bonds is 4. The molecule has 6 nitrogen and oxygen atoms in total. The highest BCUT2D eigenvalue weighted by Gasteiger charge is 2.31. The molecule has 0 unspecified atom stereocenters. The van der Waals surface area contributed by atoms with Crippen molar-refractivity contribution in [2.75, 3.05) is 22.1 Å². The first-order valence-electron chi connectivity index (χ1n) is 10.5. The molecule has 0 saturated heterocycles. The number of pyridine rings is 1. The zero-order valence-corrected chi connectivity index (χ0v) is 17.7. The molecule has 174 valence electrons. The van der Waals surface area contributed by atoms with Crippen LogP contribution >= 0.6 is 0 Å². The van der Waals surface area contributed by atoms with Crippen molar-refractivity contribution in [2.24, 2.45) is 0 Å². The number of alkyl halides is 3. The van der Waals surface area contributed by atoms with Gasteiger partial charge in [-0.05, 0) is 54.4 Å². The van der Waals surface area contributed by atoms with E-state index in [1.54, 1.807) is 18.3 Å². The summed E-state index contributed by atoms with van der Waals surface area (Å²) in [6.45, 7) is 1.37. The second-order valence-corrected chi connectivity index (χ2v) is 7.96. The zero-order chi connectivity index (χ0) is 23.9. The van der Waals surface area contributed by atoms with Crippen LogP contribution in [0.2, 0.25) is 0 Å². The SMILES string of the molecule is O=C(Nc1cc(C(F)(F)F)ccc1F)Nc1cccc2c1CCN2Cc1c[nH]c2ncccc12. The first kappa shape index (κ1) is 21.7. The molecule has 0 aliphatic carbocycles. The van der Waals surface area contributed by atoms with E-state index in [9.17, 15) is 22.4 Å². The molecule has 0 spiro atoms. The van der Waals surface area contributed by atoms with Gasteiger partial charge in [-0.1, -0.05) is 6.07 Å². The van der Waals surface area contributed by atoms with Gasteiger partial charge in [0.2, 0.25) is 0 Å². The molecular weight excluding hydrogens is 450 g/mol. The smallest absolute Gasteiger partial charge is 0.367 e. The summed E-state index contributed by atoms with van der Waals surface area (Å²) < 4.78 is 52.8. The standard InChI is InChI=1S/C24H19F4N5O/c25-18-7-6-15(24(26,27)28)11-20(18)32-23(34)31-19-4-1-5-21-17(19)8-10-33(21)13-14-12-30-22-16(14)3-2-9-29-22/h1-7,9,11-12H,8,10,13H2,(H,29,30)(H2,31,32,34). The first-order chi connectivity index (χ1) is 16.3. The molecule has 2 amide bonds. The van der Waals surface area contributed by atoms with Crippen LogP contribution in [-0.2, 0) is 19.1 Å². The second kappa shape index (κ2) is 8.36. The maximum absolute atomic E-state index is 14.0. The van der Waals surface area contributed by atoms with Crippen LogP contribution in [0.1, 0.15) is 16.7 Å². The quantitative estimate of drug-likeness (QED) is 0.325. The van der Waals surface area contributed by atoms with Crippen molar-refractivity contribution < 1.29 is 22.4 Å². The normalized spacial score (nSPS) is 13.2. The van der Waals surface area contributed by atoms with Gasteiger partial charge in [-0.2, -0.15) is 13.2 Å². The molecule has 0 fully saturated rings. The van der Waals surface area contributed by atoms with Gasteiger partial charge in [-0.3, -0.25) is 0 Å². The highest BCUT2D eigenvalue weighted by atomic mass is 19.4. The monoisotopic (exact) mass is 469 g/mol. The summed E-state index contributed by atoms with van der Waals surface area (Å²) in [7, 11) is 0. The van der Waals surface area contributed by atoms with E-state index in [1.165, 1.54) is 0 Å². The number of benzene rings is 2. The van der Waals surface area contributed by atoms with E-state index in [2.05, 4.69) is 25.5 Å². The number of aromatic nitrogens is 2. The lowest BCUT2D eigenvalue weighted by molar-refractivity contribution is -0.137. The van der Waals surface area contributed by atoms with Crippen LogP contribution in [0.5, 0.6) is 0 Å². The van der Waals surface area contributed by atoms with E-state index in [0.29, 0.717) is 36.9 Å². The number of nitrogens with zero attached hydrogens (tertiary/aromatic N) is 2. The minimum absolute atomic E-state index is 0.519. The van der Waals surface area contributed by atoms with Crippen molar-refractivity contribution in [3.8, 4) is 0 Å². The van der Waals surface area contributed by atoms with Gasteiger partial charge in [-0.15, -0.1) is 0 Å². The maximum Gasteiger partial charge on any atom is 0.416 e. The number of H-pyrrole nitrogens is 1. The number of urea groups is 1. The Bertz CT molecular complexity index is 1380. The van der Waals surface area contributed by atoms with Crippen molar-refractivity contribution in [3.05, 3.63) is 83.4 Å². The molecular formula is C24H19F4N5O. The van der Waals surface area contributed by atoms with Crippen LogP contribution in [-0.4, -0.2) is 22.5 Å². The lowest BCUT2D eigenvalue weighted by Crippen LogP contribution is -2.21.